The second-order valence-electron chi connectivity index (χ2n) is 5.75. The van der Waals surface area contributed by atoms with Gasteiger partial charge in [-0.05, 0) is 25.5 Å². The maximum Gasteiger partial charge on any atom is 0.305 e. The van der Waals surface area contributed by atoms with Crippen molar-refractivity contribution >= 4 is 23.6 Å². The third kappa shape index (κ3) is 6.16. The summed E-state index contributed by atoms with van der Waals surface area (Å²) in [5.74, 6) is 2.08. The van der Waals surface area contributed by atoms with Crippen molar-refractivity contribution in [2.45, 2.75) is 32.2 Å². The minimum Gasteiger partial charge on any atom is -0.490 e. The maximum atomic E-state index is 12.4. The lowest BCUT2D eigenvalue weighted by Gasteiger charge is -2.34. The Kier molecular flexibility index (Phi) is 7.91. The number of benzene rings is 1. The molecule has 2 rings (SSSR count). The Balaban J connectivity index is 1.79. The van der Waals surface area contributed by atoms with Gasteiger partial charge >= 0.3 is 5.97 Å². The molecule has 138 valence electrons. The monoisotopic (exact) mass is 367 g/mol. The molecule has 7 heteroatoms. The van der Waals surface area contributed by atoms with Crippen LogP contribution in [-0.2, 0) is 9.59 Å². The molecule has 6 nitrogen and oxygen atoms in total. The number of thioether (sulfide) groups is 1. The SMILES string of the molecule is CCOc1ccccc1OCCCC(=O)N1CCSCC1CC(=O)O. The Bertz CT molecular complexity index is 580. The van der Waals surface area contributed by atoms with Crippen molar-refractivity contribution in [1.29, 1.82) is 0 Å². The largest absolute Gasteiger partial charge is 0.490 e. The predicted molar refractivity (Wildman–Crippen MR) is 97.4 cm³/mol. The number of hydrogen-bond donors (Lipinski definition) is 1. The van der Waals surface area contributed by atoms with E-state index in [0.29, 0.717) is 49.9 Å². The number of ether oxygens (including phenoxy) is 2. The first kappa shape index (κ1) is 19.4. The molecule has 1 N–H and O–H groups in total. The number of hydrogen-bond acceptors (Lipinski definition) is 5. The zero-order valence-electron chi connectivity index (χ0n) is 14.5. The molecule has 1 unspecified atom stereocenters. The third-order valence-electron chi connectivity index (χ3n) is 3.90. The molecule has 1 aliphatic rings. The Morgan fingerprint density at radius 2 is 2.00 bits per heavy atom. The highest BCUT2D eigenvalue weighted by Crippen LogP contribution is 2.26. The van der Waals surface area contributed by atoms with Crippen molar-refractivity contribution in [2.24, 2.45) is 0 Å². The van der Waals surface area contributed by atoms with Gasteiger partial charge in [0.25, 0.3) is 0 Å². The zero-order chi connectivity index (χ0) is 18.1. The van der Waals surface area contributed by atoms with Crippen LogP contribution in [0.1, 0.15) is 26.2 Å². The molecule has 0 radical (unpaired) electrons. The fraction of sp³-hybridized carbons (Fsp3) is 0.556. The van der Waals surface area contributed by atoms with Crippen molar-refractivity contribution < 1.29 is 24.2 Å². The van der Waals surface area contributed by atoms with Gasteiger partial charge in [0.05, 0.1) is 25.7 Å². The van der Waals surface area contributed by atoms with Crippen LogP contribution in [-0.4, -0.2) is 59.2 Å². The first-order valence-electron chi connectivity index (χ1n) is 8.55. The first-order valence-corrected chi connectivity index (χ1v) is 9.71. The van der Waals surface area contributed by atoms with E-state index in [1.54, 1.807) is 16.7 Å². The summed E-state index contributed by atoms with van der Waals surface area (Å²) in [4.78, 5) is 25.1. The molecule has 1 heterocycles. The van der Waals surface area contributed by atoms with Crippen LogP contribution >= 0.6 is 11.8 Å². The Morgan fingerprint density at radius 1 is 1.28 bits per heavy atom. The van der Waals surface area contributed by atoms with Crippen molar-refractivity contribution in [1.82, 2.24) is 4.90 Å². The van der Waals surface area contributed by atoms with E-state index in [9.17, 15) is 9.59 Å². The molecule has 0 spiro atoms. The van der Waals surface area contributed by atoms with E-state index in [1.165, 1.54) is 0 Å². The van der Waals surface area contributed by atoms with E-state index in [0.717, 1.165) is 5.75 Å². The summed E-state index contributed by atoms with van der Waals surface area (Å²) in [5.41, 5.74) is 0. The number of para-hydroxylation sites is 2. The van der Waals surface area contributed by atoms with Crippen molar-refractivity contribution in [3.8, 4) is 11.5 Å². The summed E-state index contributed by atoms with van der Waals surface area (Å²) >= 11 is 1.70. The lowest BCUT2D eigenvalue weighted by atomic mass is 10.1. The van der Waals surface area contributed by atoms with E-state index < -0.39 is 5.97 Å². The van der Waals surface area contributed by atoms with Crippen molar-refractivity contribution in [2.75, 3.05) is 31.3 Å². The van der Waals surface area contributed by atoms with E-state index in [1.807, 2.05) is 31.2 Å². The van der Waals surface area contributed by atoms with Gasteiger partial charge in [-0.25, -0.2) is 0 Å². The first-order chi connectivity index (χ1) is 12.1. The van der Waals surface area contributed by atoms with E-state index >= 15 is 0 Å². The molecule has 0 aromatic heterocycles. The van der Waals surface area contributed by atoms with Crippen LogP contribution in [0.5, 0.6) is 11.5 Å². The molecular weight excluding hydrogens is 342 g/mol. The zero-order valence-corrected chi connectivity index (χ0v) is 15.3. The van der Waals surface area contributed by atoms with Crippen LogP contribution in [0.4, 0.5) is 0 Å². The molecular formula is C18H25NO5S. The number of carboxylic acids is 1. The molecule has 0 saturated carbocycles. The molecule has 1 fully saturated rings. The van der Waals surface area contributed by atoms with Crippen LogP contribution in [0.3, 0.4) is 0 Å². The highest BCUT2D eigenvalue weighted by Gasteiger charge is 2.28. The summed E-state index contributed by atoms with van der Waals surface area (Å²) in [5, 5.41) is 9.00. The van der Waals surface area contributed by atoms with Gasteiger partial charge in [0.15, 0.2) is 11.5 Å². The minimum absolute atomic E-state index is 0.00763. The molecule has 1 aromatic carbocycles. The number of amides is 1. The highest BCUT2D eigenvalue weighted by molar-refractivity contribution is 7.99. The average Bonchev–Trinajstić information content (AvgIpc) is 2.60. The normalized spacial score (nSPS) is 17.2. The second kappa shape index (κ2) is 10.2. The Hall–Kier alpha value is -1.89. The topological polar surface area (TPSA) is 76.1 Å². The van der Waals surface area contributed by atoms with Gasteiger partial charge in [-0.3, -0.25) is 9.59 Å². The van der Waals surface area contributed by atoms with Gasteiger partial charge in [0.1, 0.15) is 0 Å². The number of aliphatic carboxylic acids is 1. The van der Waals surface area contributed by atoms with Gasteiger partial charge in [0, 0.05) is 24.5 Å². The predicted octanol–water partition coefficient (Wildman–Crippen LogP) is 2.66. The van der Waals surface area contributed by atoms with Gasteiger partial charge in [-0.15, -0.1) is 0 Å². The van der Waals surface area contributed by atoms with Crippen LogP contribution < -0.4 is 9.47 Å². The number of carbonyl (C=O) groups excluding carboxylic acids is 1. The smallest absolute Gasteiger partial charge is 0.305 e. The third-order valence-corrected chi connectivity index (χ3v) is 4.99. The van der Waals surface area contributed by atoms with Crippen LogP contribution in [0.25, 0.3) is 0 Å². The number of nitrogens with zero attached hydrogens (tertiary/aromatic N) is 1. The average molecular weight is 367 g/mol. The van der Waals surface area contributed by atoms with E-state index in [-0.39, 0.29) is 18.4 Å². The number of carbonyl (C=O) groups is 2. The van der Waals surface area contributed by atoms with Crippen molar-refractivity contribution in [3.05, 3.63) is 24.3 Å². The Labute approximate surface area is 152 Å². The molecule has 1 atom stereocenters. The lowest BCUT2D eigenvalue weighted by Crippen LogP contribution is -2.47. The highest BCUT2D eigenvalue weighted by atomic mass is 32.2. The van der Waals surface area contributed by atoms with E-state index in [4.69, 9.17) is 14.6 Å². The van der Waals surface area contributed by atoms with Gasteiger partial charge in [-0.1, -0.05) is 12.1 Å². The summed E-state index contributed by atoms with van der Waals surface area (Å²) in [6, 6.07) is 7.26. The molecule has 1 saturated heterocycles. The number of rotatable bonds is 9. The fourth-order valence-corrected chi connectivity index (χ4v) is 3.81. The molecule has 0 aliphatic carbocycles. The minimum atomic E-state index is -0.860. The second-order valence-corrected chi connectivity index (χ2v) is 6.90. The van der Waals surface area contributed by atoms with Crippen molar-refractivity contribution in [3.63, 3.8) is 0 Å². The lowest BCUT2D eigenvalue weighted by molar-refractivity contribution is -0.140. The Morgan fingerprint density at radius 3 is 2.68 bits per heavy atom. The summed E-state index contributed by atoms with van der Waals surface area (Å²) < 4.78 is 11.2. The molecule has 1 amide bonds. The number of carboxylic acid groups (broad SMARTS) is 1. The molecule has 0 bridgehead atoms. The van der Waals surface area contributed by atoms with Gasteiger partial charge < -0.3 is 19.5 Å². The van der Waals surface area contributed by atoms with E-state index in [2.05, 4.69) is 0 Å². The standard InChI is InChI=1S/C18H25NO5S/c1-2-23-15-6-3-4-7-16(15)24-10-5-8-17(20)19-9-11-25-13-14(19)12-18(21)22/h3-4,6-7,14H,2,5,8-13H2,1H3,(H,21,22). The summed E-state index contributed by atoms with van der Waals surface area (Å²) in [7, 11) is 0. The molecule has 1 aromatic rings. The maximum absolute atomic E-state index is 12.4. The quantitative estimate of drug-likeness (QED) is 0.676. The van der Waals surface area contributed by atoms with Crippen LogP contribution in [0, 0.1) is 0 Å². The van der Waals surface area contributed by atoms with Gasteiger partial charge in [-0.2, -0.15) is 11.8 Å². The summed E-state index contributed by atoms with van der Waals surface area (Å²) in [6.45, 7) is 3.52. The van der Waals surface area contributed by atoms with Crippen LogP contribution in [0.15, 0.2) is 24.3 Å². The van der Waals surface area contributed by atoms with Crippen LogP contribution in [0.2, 0.25) is 0 Å². The molecule has 1 aliphatic heterocycles. The summed E-state index contributed by atoms with van der Waals surface area (Å²) in [6.07, 6.45) is 0.956. The fourth-order valence-electron chi connectivity index (χ4n) is 2.75. The molecule has 25 heavy (non-hydrogen) atoms. The van der Waals surface area contributed by atoms with Gasteiger partial charge in [0.2, 0.25) is 5.91 Å².